The van der Waals surface area contributed by atoms with Gasteiger partial charge in [0.25, 0.3) is 0 Å². The molecule has 1 saturated heterocycles. The largest absolute Gasteiger partial charge is 0.493 e. The topological polar surface area (TPSA) is 109 Å². The minimum Gasteiger partial charge on any atom is -0.493 e. The predicted octanol–water partition coefficient (Wildman–Crippen LogP) is 1.98. The van der Waals surface area contributed by atoms with Crippen LogP contribution in [0.2, 0.25) is 0 Å². The number of hydrogen-bond donors (Lipinski definition) is 1. The number of fused-ring (bicyclic) bond motifs is 1. The Bertz CT molecular complexity index is 1090. The molecule has 2 aliphatic rings. The number of carbonyl (C=O) groups is 1. The molecule has 3 heterocycles. The summed E-state index contributed by atoms with van der Waals surface area (Å²) in [6, 6.07) is 4.99. The van der Waals surface area contributed by atoms with Gasteiger partial charge in [-0.1, -0.05) is 0 Å². The third-order valence-corrected chi connectivity index (χ3v) is 6.69. The number of ether oxygens (including phenoxy) is 3. The summed E-state index contributed by atoms with van der Waals surface area (Å²) in [5.74, 6) is 1.94. The molecule has 1 aromatic heterocycles. The van der Waals surface area contributed by atoms with Crippen LogP contribution in [-0.2, 0) is 14.6 Å². The Labute approximate surface area is 174 Å². The lowest BCUT2D eigenvalue weighted by atomic mass is 10.1. The van der Waals surface area contributed by atoms with Crippen molar-refractivity contribution in [1.82, 2.24) is 9.78 Å². The smallest absolute Gasteiger partial charge is 0.249 e. The number of amides is 1. The molecular formula is C20H23N3O6S. The molecule has 9 nitrogen and oxygen atoms in total. The van der Waals surface area contributed by atoms with Gasteiger partial charge in [-0.2, -0.15) is 5.10 Å². The molecule has 1 N–H and O–H groups in total. The van der Waals surface area contributed by atoms with Gasteiger partial charge in [-0.3, -0.25) is 4.79 Å². The molecule has 0 bridgehead atoms. The molecule has 1 atom stereocenters. The zero-order valence-corrected chi connectivity index (χ0v) is 17.6. The number of benzene rings is 1. The number of aryl methyl sites for hydroxylation is 1. The van der Waals surface area contributed by atoms with E-state index in [4.69, 9.17) is 14.2 Å². The quantitative estimate of drug-likeness (QED) is 0.718. The maximum atomic E-state index is 12.5. The van der Waals surface area contributed by atoms with E-state index >= 15 is 0 Å². The number of nitrogens with zero attached hydrogens (tertiary/aromatic N) is 2. The molecule has 1 unspecified atom stereocenters. The van der Waals surface area contributed by atoms with E-state index in [0.717, 1.165) is 5.56 Å². The summed E-state index contributed by atoms with van der Waals surface area (Å²) < 4.78 is 41.7. The predicted molar refractivity (Wildman–Crippen MR) is 111 cm³/mol. The van der Waals surface area contributed by atoms with Crippen LogP contribution < -0.4 is 19.5 Å². The van der Waals surface area contributed by atoms with Crippen molar-refractivity contribution in [3.8, 4) is 17.2 Å². The van der Waals surface area contributed by atoms with Crippen molar-refractivity contribution in [2.24, 2.45) is 0 Å². The molecular weight excluding hydrogens is 410 g/mol. The summed E-state index contributed by atoms with van der Waals surface area (Å²) in [4.78, 5) is 12.5. The second-order valence-electron chi connectivity index (χ2n) is 7.24. The van der Waals surface area contributed by atoms with E-state index in [1.807, 2.05) is 0 Å². The fourth-order valence-electron chi connectivity index (χ4n) is 3.59. The summed E-state index contributed by atoms with van der Waals surface area (Å²) in [5, 5.41) is 7.16. The van der Waals surface area contributed by atoms with Crippen LogP contribution in [0.25, 0.3) is 6.08 Å². The fourth-order valence-corrected chi connectivity index (χ4v) is 5.28. The second-order valence-corrected chi connectivity index (χ2v) is 9.47. The number of hydrogen-bond acceptors (Lipinski definition) is 7. The monoisotopic (exact) mass is 433 g/mol. The van der Waals surface area contributed by atoms with Gasteiger partial charge >= 0.3 is 0 Å². The standard InChI is InChI=1S/C20H23N3O6S/c1-13-9-18(23(22-13)15-5-8-30(25,26)12-15)21-19(24)4-3-14-10-16(27-2)20-17(11-14)28-6-7-29-20/h3-4,9-11,15H,5-8,12H2,1-2H3,(H,21,24)/b4-3+. The fraction of sp³-hybridized carbons (Fsp3) is 0.400. The highest BCUT2D eigenvalue weighted by Crippen LogP contribution is 2.40. The van der Waals surface area contributed by atoms with Gasteiger partial charge in [-0.25, -0.2) is 13.1 Å². The molecule has 1 aromatic carbocycles. The Morgan fingerprint density at radius 1 is 1.30 bits per heavy atom. The zero-order chi connectivity index (χ0) is 21.3. The molecule has 160 valence electrons. The maximum Gasteiger partial charge on any atom is 0.249 e. The summed E-state index contributed by atoms with van der Waals surface area (Å²) in [6.07, 6.45) is 3.52. The highest BCUT2D eigenvalue weighted by molar-refractivity contribution is 7.91. The summed E-state index contributed by atoms with van der Waals surface area (Å²) >= 11 is 0. The van der Waals surface area contributed by atoms with Crippen LogP contribution in [0.4, 0.5) is 5.82 Å². The number of methoxy groups -OCH3 is 1. The van der Waals surface area contributed by atoms with E-state index in [2.05, 4.69) is 10.4 Å². The maximum absolute atomic E-state index is 12.5. The van der Waals surface area contributed by atoms with E-state index in [9.17, 15) is 13.2 Å². The average Bonchev–Trinajstić information content (AvgIpc) is 3.26. The Kier molecular flexibility index (Phi) is 5.42. The van der Waals surface area contributed by atoms with Crippen LogP contribution in [-0.4, -0.2) is 55.9 Å². The minimum absolute atomic E-state index is 0.0316. The average molecular weight is 433 g/mol. The molecule has 1 fully saturated rings. The van der Waals surface area contributed by atoms with E-state index in [-0.39, 0.29) is 23.5 Å². The third-order valence-electron chi connectivity index (χ3n) is 4.94. The molecule has 0 aliphatic carbocycles. The first-order chi connectivity index (χ1) is 14.3. The Morgan fingerprint density at radius 3 is 2.83 bits per heavy atom. The third kappa shape index (κ3) is 4.28. The molecule has 4 rings (SSSR count). The van der Waals surface area contributed by atoms with Gasteiger partial charge in [0.05, 0.1) is 30.4 Å². The van der Waals surface area contributed by atoms with Crippen molar-refractivity contribution in [3.05, 3.63) is 35.5 Å². The normalized spacial score (nSPS) is 19.7. The first kappa shape index (κ1) is 20.3. The van der Waals surface area contributed by atoms with Crippen LogP contribution in [0.1, 0.15) is 23.7 Å². The SMILES string of the molecule is COc1cc(/C=C/C(=O)Nc2cc(C)nn2C2CCS(=O)(=O)C2)cc2c1OCCO2. The molecule has 10 heteroatoms. The van der Waals surface area contributed by atoms with Gasteiger partial charge in [-0.15, -0.1) is 0 Å². The van der Waals surface area contributed by atoms with Crippen molar-refractivity contribution in [3.63, 3.8) is 0 Å². The van der Waals surface area contributed by atoms with Crippen molar-refractivity contribution in [1.29, 1.82) is 0 Å². The minimum atomic E-state index is -3.06. The highest BCUT2D eigenvalue weighted by atomic mass is 32.2. The van der Waals surface area contributed by atoms with E-state index in [1.165, 1.54) is 6.08 Å². The Morgan fingerprint density at radius 2 is 2.10 bits per heavy atom. The van der Waals surface area contributed by atoms with E-state index in [1.54, 1.807) is 43.0 Å². The first-order valence-corrected chi connectivity index (χ1v) is 11.4. The van der Waals surface area contributed by atoms with Gasteiger partial charge in [0, 0.05) is 12.1 Å². The molecule has 2 aromatic rings. The van der Waals surface area contributed by atoms with Crippen LogP contribution >= 0.6 is 0 Å². The van der Waals surface area contributed by atoms with Crippen molar-refractivity contribution >= 4 is 27.6 Å². The summed E-state index contributed by atoms with van der Waals surface area (Å²) in [6.45, 7) is 2.70. The van der Waals surface area contributed by atoms with Crippen LogP contribution in [0, 0.1) is 6.92 Å². The van der Waals surface area contributed by atoms with Crippen LogP contribution in [0.5, 0.6) is 17.2 Å². The number of nitrogens with one attached hydrogen (secondary N) is 1. The number of rotatable bonds is 5. The van der Waals surface area contributed by atoms with Gasteiger partial charge in [0.15, 0.2) is 21.3 Å². The lowest BCUT2D eigenvalue weighted by Crippen LogP contribution is -2.18. The second kappa shape index (κ2) is 8.02. The number of carbonyl (C=O) groups excluding carboxylic acids is 1. The number of sulfone groups is 1. The first-order valence-electron chi connectivity index (χ1n) is 9.58. The lowest BCUT2D eigenvalue weighted by molar-refractivity contribution is -0.111. The molecule has 2 aliphatic heterocycles. The summed E-state index contributed by atoms with van der Waals surface area (Å²) in [7, 11) is -1.52. The van der Waals surface area contributed by atoms with E-state index in [0.29, 0.717) is 48.4 Å². The van der Waals surface area contributed by atoms with Gasteiger partial charge < -0.3 is 19.5 Å². The Hall–Kier alpha value is -3.01. The van der Waals surface area contributed by atoms with E-state index < -0.39 is 9.84 Å². The number of aromatic nitrogens is 2. The molecule has 0 saturated carbocycles. The van der Waals surface area contributed by atoms with Crippen LogP contribution in [0.3, 0.4) is 0 Å². The van der Waals surface area contributed by atoms with Gasteiger partial charge in [-0.05, 0) is 37.1 Å². The molecule has 1 amide bonds. The molecule has 0 spiro atoms. The van der Waals surface area contributed by atoms with Crippen molar-refractivity contribution in [2.75, 3.05) is 37.1 Å². The molecule has 0 radical (unpaired) electrons. The Balaban J connectivity index is 1.50. The zero-order valence-electron chi connectivity index (χ0n) is 16.8. The van der Waals surface area contributed by atoms with Crippen molar-refractivity contribution < 1.29 is 27.4 Å². The van der Waals surface area contributed by atoms with Crippen molar-refractivity contribution in [2.45, 2.75) is 19.4 Å². The van der Waals surface area contributed by atoms with Crippen LogP contribution in [0.15, 0.2) is 24.3 Å². The number of anilines is 1. The lowest BCUT2D eigenvalue weighted by Gasteiger charge is -2.20. The summed E-state index contributed by atoms with van der Waals surface area (Å²) in [5.41, 5.74) is 1.42. The van der Waals surface area contributed by atoms with Gasteiger partial charge in [0.2, 0.25) is 11.7 Å². The van der Waals surface area contributed by atoms with Gasteiger partial charge in [0.1, 0.15) is 19.0 Å². The highest BCUT2D eigenvalue weighted by Gasteiger charge is 2.31. The molecule has 30 heavy (non-hydrogen) atoms.